The molecule has 0 saturated carbocycles. The summed E-state index contributed by atoms with van der Waals surface area (Å²) < 4.78 is 4.67. The minimum Gasteiger partial charge on any atom is -0.461 e. The van der Waals surface area contributed by atoms with Crippen LogP contribution in [0.3, 0.4) is 0 Å². The smallest absolute Gasteiger partial charge is 0.311 e. The van der Waals surface area contributed by atoms with Crippen molar-refractivity contribution in [1.29, 1.82) is 0 Å². The molecular weight excluding hydrogens is 464 g/mol. The number of aliphatic hydroxyl groups is 1. The predicted molar refractivity (Wildman–Crippen MR) is 135 cm³/mol. The number of ether oxygens (including phenoxy) is 1. The summed E-state index contributed by atoms with van der Waals surface area (Å²) in [6.07, 6.45) is 4.59. The number of likely N-dealkylation sites (tertiary alicyclic amines) is 1. The number of aliphatic hydroxyl groups excluding tert-OH is 1. The van der Waals surface area contributed by atoms with Crippen LogP contribution in [0, 0.1) is 11.8 Å². The largest absolute Gasteiger partial charge is 0.461 e. The Hall–Kier alpha value is -2.58. The second kappa shape index (κ2) is 10.2. The van der Waals surface area contributed by atoms with E-state index in [4.69, 9.17) is 4.74 Å². The second-order valence-corrected chi connectivity index (χ2v) is 11.3. The number of nitrogens with zero attached hydrogens (tertiary/aromatic N) is 2. The molecule has 3 fully saturated rings. The summed E-state index contributed by atoms with van der Waals surface area (Å²) in [6, 6.07) is 7.68. The maximum Gasteiger partial charge on any atom is 0.311 e. The van der Waals surface area contributed by atoms with Gasteiger partial charge >= 0.3 is 5.97 Å². The zero-order valence-electron chi connectivity index (χ0n) is 20.3. The summed E-state index contributed by atoms with van der Waals surface area (Å²) in [5.41, 5.74) is 0.752. The number of fused-ring (bicyclic) bond motifs is 1. The van der Waals surface area contributed by atoms with E-state index >= 15 is 0 Å². The van der Waals surface area contributed by atoms with Gasteiger partial charge in [-0.3, -0.25) is 14.4 Å². The fourth-order valence-corrected chi connectivity index (χ4v) is 8.28. The molecule has 1 N–H and O–H groups in total. The van der Waals surface area contributed by atoms with Gasteiger partial charge in [-0.25, -0.2) is 0 Å². The van der Waals surface area contributed by atoms with Gasteiger partial charge in [-0.1, -0.05) is 49.1 Å². The Morgan fingerprint density at radius 3 is 2.60 bits per heavy atom. The number of rotatable bonds is 10. The van der Waals surface area contributed by atoms with Gasteiger partial charge in [0, 0.05) is 17.8 Å². The number of carbonyl (C=O) groups excluding carboxylic acids is 3. The lowest BCUT2D eigenvalue weighted by atomic mass is 9.71. The van der Waals surface area contributed by atoms with Crippen molar-refractivity contribution in [3.63, 3.8) is 0 Å². The number of carbonyl (C=O) groups is 3. The molecule has 0 radical (unpaired) electrons. The van der Waals surface area contributed by atoms with Gasteiger partial charge in [0.15, 0.2) is 0 Å². The van der Waals surface area contributed by atoms with Gasteiger partial charge in [-0.2, -0.15) is 0 Å². The number of esters is 1. The molecule has 188 valence electrons. The first-order valence-electron chi connectivity index (χ1n) is 12.2. The van der Waals surface area contributed by atoms with E-state index in [1.54, 1.807) is 27.6 Å². The Bertz CT molecular complexity index is 999. The SMILES string of the molecule is C=CCOC(=O)[C@@H]1[C@@H]2CCC3(S2)C(C(=O)N(CC=C)C(C)C)N([C@H](CO)c2ccccc2)C(=O)[C@H]13. The lowest BCUT2D eigenvalue weighted by Crippen LogP contribution is -2.57. The van der Waals surface area contributed by atoms with E-state index in [0.29, 0.717) is 13.0 Å². The Morgan fingerprint density at radius 1 is 1.29 bits per heavy atom. The van der Waals surface area contributed by atoms with E-state index in [-0.39, 0.29) is 36.3 Å². The Morgan fingerprint density at radius 2 is 2.00 bits per heavy atom. The average molecular weight is 499 g/mol. The first kappa shape index (κ1) is 25.5. The van der Waals surface area contributed by atoms with Gasteiger partial charge in [0.25, 0.3) is 0 Å². The minimum absolute atomic E-state index is 0.0741. The molecule has 2 bridgehead atoms. The van der Waals surface area contributed by atoms with Crippen LogP contribution in [-0.4, -0.2) is 74.5 Å². The van der Waals surface area contributed by atoms with Crippen LogP contribution in [-0.2, 0) is 19.1 Å². The Balaban J connectivity index is 1.82. The Labute approximate surface area is 211 Å². The van der Waals surface area contributed by atoms with Crippen LogP contribution in [0.5, 0.6) is 0 Å². The molecule has 35 heavy (non-hydrogen) atoms. The van der Waals surface area contributed by atoms with Gasteiger partial charge in [0.05, 0.1) is 29.2 Å². The summed E-state index contributed by atoms with van der Waals surface area (Å²) in [5.74, 6) is -2.14. The van der Waals surface area contributed by atoms with Crippen molar-refractivity contribution >= 4 is 29.5 Å². The van der Waals surface area contributed by atoms with Crippen LogP contribution in [0.1, 0.15) is 38.3 Å². The molecule has 4 rings (SSSR count). The summed E-state index contributed by atoms with van der Waals surface area (Å²) in [6.45, 7) is 11.4. The lowest BCUT2D eigenvalue weighted by Gasteiger charge is -2.40. The van der Waals surface area contributed by atoms with Crippen LogP contribution < -0.4 is 0 Å². The molecule has 1 aromatic carbocycles. The Kier molecular flexibility index (Phi) is 7.43. The van der Waals surface area contributed by atoms with E-state index < -0.39 is 34.6 Å². The zero-order chi connectivity index (χ0) is 25.3. The fourth-order valence-electron chi connectivity index (χ4n) is 6.09. The maximum absolute atomic E-state index is 14.2. The number of thioether (sulfide) groups is 1. The molecule has 1 spiro atoms. The number of benzene rings is 1. The molecule has 7 nitrogen and oxygen atoms in total. The quantitative estimate of drug-likeness (QED) is 0.394. The van der Waals surface area contributed by atoms with Crippen molar-refractivity contribution in [2.45, 2.75) is 54.8 Å². The lowest BCUT2D eigenvalue weighted by molar-refractivity contribution is -0.153. The molecule has 1 aromatic rings. The monoisotopic (exact) mass is 498 g/mol. The van der Waals surface area contributed by atoms with Gasteiger partial charge in [0.2, 0.25) is 11.8 Å². The summed E-state index contributed by atoms with van der Waals surface area (Å²) in [5, 5.41) is 10.4. The average Bonchev–Trinajstić information content (AvgIpc) is 3.49. The van der Waals surface area contributed by atoms with E-state index in [0.717, 1.165) is 12.0 Å². The molecular formula is C27H34N2O5S. The highest BCUT2D eigenvalue weighted by Gasteiger charge is 2.75. The van der Waals surface area contributed by atoms with Crippen molar-refractivity contribution in [3.8, 4) is 0 Å². The van der Waals surface area contributed by atoms with Crippen LogP contribution >= 0.6 is 11.8 Å². The first-order valence-corrected chi connectivity index (χ1v) is 13.0. The standard InChI is InChI=1S/C27H34N2O5S/c1-5-14-28(17(3)4)25(32)23-27-13-12-20(35-27)21(26(33)34-15-6-2)22(27)24(31)29(23)19(16-30)18-10-8-7-9-11-18/h5-11,17,19-23,30H,1-2,12-16H2,3-4H3/t19-,20+,21-,22+,23?,27?/m1/s1. The molecule has 2 amide bonds. The summed E-state index contributed by atoms with van der Waals surface area (Å²) in [7, 11) is 0. The number of hydrogen-bond donors (Lipinski definition) is 1. The molecule has 3 saturated heterocycles. The third kappa shape index (κ3) is 4.10. The van der Waals surface area contributed by atoms with Crippen molar-refractivity contribution in [2.75, 3.05) is 19.8 Å². The van der Waals surface area contributed by atoms with Crippen molar-refractivity contribution in [1.82, 2.24) is 9.80 Å². The minimum atomic E-state index is -0.799. The highest BCUT2D eigenvalue weighted by Crippen LogP contribution is 2.67. The van der Waals surface area contributed by atoms with E-state index in [1.807, 2.05) is 44.2 Å². The van der Waals surface area contributed by atoms with Crippen LogP contribution in [0.2, 0.25) is 0 Å². The zero-order valence-corrected chi connectivity index (χ0v) is 21.2. The molecule has 3 heterocycles. The van der Waals surface area contributed by atoms with Gasteiger partial charge in [0.1, 0.15) is 12.6 Å². The highest BCUT2D eigenvalue weighted by atomic mass is 32.2. The molecule has 0 aliphatic carbocycles. The van der Waals surface area contributed by atoms with Crippen LogP contribution in [0.4, 0.5) is 0 Å². The van der Waals surface area contributed by atoms with Gasteiger partial charge < -0.3 is 19.6 Å². The summed E-state index contributed by atoms with van der Waals surface area (Å²) in [4.78, 5) is 44.8. The molecule has 6 atom stereocenters. The topological polar surface area (TPSA) is 87.2 Å². The van der Waals surface area contributed by atoms with Crippen molar-refractivity contribution in [2.24, 2.45) is 11.8 Å². The molecule has 3 aliphatic heterocycles. The van der Waals surface area contributed by atoms with Crippen molar-refractivity contribution in [3.05, 3.63) is 61.2 Å². The second-order valence-electron chi connectivity index (χ2n) is 9.70. The molecule has 2 unspecified atom stereocenters. The molecule has 0 aromatic heterocycles. The third-order valence-electron chi connectivity index (χ3n) is 7.51. The molecule has 8 heteroatoms. The van der Waals surface area contributed by atoms with E-state index in [2.05, 4.69) is 13.2 Å². The first-order chi connectivity index (χ1) is 16.8. The third-order valence-corrected chi connectivity index (χ3v) is 9.46. The fraction of sp³-hybridized carbons (Fsp3) is 0.519. The number of hydrogen-bond acceptors (Lipinski definition) is 6. The normalized spacial score (nSPS) is 29.7. The van der Waals surface area contributed by atoms with E-state index in [9.17, 15) is 19.5 Å². The van der Waals surface area contributed by atoms with Crippen LogP contribution in [0.15, 0.2) is 55.6 Å². The van der Waals surface area contributed by atoms with Crippen LogP contribution in [0.25, 0.3) is 0 Å². The van der Waals surface area contributed by atoms with E-state index in [1.165, 1.54) is 6.08 Å². The van der Waals surface area contributed by atoms with Gasteiger partial charge in [-0.15, -0.1) is 18.3 Å². The number of amides is 2. The molecule has 3 aliphatic rings. The van der Waals surface area contributed by atoms with Crippen molar-refractivity contribution < 1.29 is 24.2 Å². The summed E-state index contributed by atoms with van der Waals surface area (Å²) >= 11 is 1.59. The maximum atomic E-state index is 14.2. The highest BCUT2D eigenvalue weighted by molar-refractivity contribution is 8.02. The van der Waals surface area contributed by atoms with Gasteiger partial charge in [-0.05, 0) is 32.3 Å². The predicted octanol–water partition coefficient (Wildman–Crippen LogP) is 2.96.